The molecule has 3 nitrogen and oxygen atoms in total. The van der Waals surface area contributed by atoms with Crippen molar-refractivity contribution in [1.82, 2.24) is 14.8 Å². The molecule has 4 heteroatoms. The summed E-state index contributed by atoms with van der Waals surface area (Å²) in [5.74, 6) is 0. The second-order valence-electron chi connectivity index (χ2n) is 3.64. The van der Waals surface area contributed by atoms with Gasteiger partial charge < -0.3 is 0 Å². The number of aromatic nitrogens is 3. The molecular formula is C11H15N3S. The maximum atomic E-state index is 4.60. The molecule has 0 aromatic carbocycles. The molecule has 0 amide bonds. The summed E-state index contributed by atoms with van der Waals surface area (Å²) in [5, 5.41) is 5.41. The van der Waals surface area contributed by atoms with E-state index in [1.807, 2.05) is 29.9 Å². The van der Waals surface area contributed by atoms with Crippen LogP contribution in [-0.2, 0) is 0 Å². The second kappa shape index (κ2) is 4.06. The van der Waals surface area contributed by atoms with Crippen molar-refractivity contribution < 1.29 is 0 Å². The predicted octanol–water partition coefficient (Wildman–Crippen LogP) is 2.20. The third kappa shape index (κ3) is 2.04. The number of nitrogens with zero attached hydrogens (tertiary/aromatic N) is 3. The Kier molecular flexibility index (Phi) is 2.77. The number of hydrogen-bond acceptors (Lipinski definition) is 2. The van der Waals surface area contributed by atoms with E-state index in [-0.39, 0.29) is 10.9 Å². The molecule has 0 aliphatic rings. The van der Waals surface area contributed by atoms with Crippen LogP contribution in [0.2, 0.25) is 0 Å². The first-order valence-electron chi connectivity index (χ1n) is 4.83. The van der Waals surface area contributed by atoms with Crippen LogP contribution in [0.15, 0.2) is 35.6 Å². The Bertz CT molecular complexity index is 449. The summed E-state index contributed by atoms with van der Waals surface area (Å²) in [4.78, 5) is 4.60. The zero-order valence-electron chi connectivity index (χ0n) is 9.18. The fourth-order valence-corrected chi connectivity index (χ4v) is 2.45. The van der Waals surface area contributed by atoms with Crippen molar-refractivity contribution in [3.05, 3.63) is 36.3 Å². The summed E-state index contributed by atoms with van der Waals surface area (Å²) >= 11 is 0. The van der Waals surface area contributed by atoms with Gasteiger partial charge >= 0.3 is 0 Å². The van der Waals surface area contributed by atoms with Crippen LogP contribution < -0.4 is 0 Å². The maximum absolute atomic E-state index is 4.60. The highest BCUT2D eigenvalue weighted by Gasteiger charge is 2.08. The standard InChI is InChI=1S/C11H15N3S/c1-9-5-6-10(11(13-9)15(2)3)14-8-4-7-12-14/h4-8,15H,1-3H3. The van der Waals surface area contributed by atoms with Gasteiger partial charge in [0.15, 0.2) is 0 Å². The third-order valence-corrected chi connectivity index (χ3v) is 3.34. The van der Waals surface area contributed by atoms with Gasteiger partial charge in [0.25, 0.3) is 0 Å². The molecule has 2 aromatic heterocycles. The summed E-state index contributed by atoms with van der Waals surface area (Å²) in [7, 11) is -0.209. The van der Waals surface area contributed by atoms with Crippen molar-refractivity contribution in [1.29, 1.82) is 0 Å². The van der Waals surface area contributed by atoms with Gasteiger partial charge in [-0.3, -0.25) is 0 Å². The molecule has 0 aliphatic heterocycles. The van der Waals surface area contributed by atoms with Gasteiger partial charge in [-0.2, -0.15) is 5.10 Å². The minimum atomic E-state index is -0.209. The quantitative estimate of drug-likeness (QED) is 0.788. The summed E-state index contributed by atoms with van der Waals surface area (Å²) in [6.07, 6.45) is 8.17. The largest absolute Gasteiger partial charge is 0.246 e. The number of thiol groups is 1. The zero-order chi connectivity index (χ0) is 10.8. The van der Waals surface area contributed by atoms with Gasteiger partial charge in [-0.1, -0.05) is 0 Å². The van der Waals surface area contributed by atoms with E-state index in [0.717, 1.165) is 16.4 Å². The van der Waals surface area contributed by atoms with E-state index in [0.29, 0.717) is 0 Å². The Balaban J connectivity index is 2.56. The van der Waals surface area contributed by atoms with E-state index in [2.05, 4.69) is 28.7 Å². The van der Waals surface area contributed by atoms with E-state index in [9.17, 15) is 0 Å². The molecule has 15 heavy (non-hydrogen) atoms. The van der Waals surface area contributed by atoms with Crippen LogP contribution in [0.1, 0.15) is 5.69 Å². The summed E-state index contributed by atoms with van der Waals surface area (Å²) in [6.45, 7) is 2.02. The lowest BCUT2D eigenvalue weighted by atomic mass is 10.3. The molecule has 0 spiro atoms. The van der Waals surface area contributed by atoms with E-state index in [1.54, 1.807) is 6.20 Å². The van der Waals surface area contributed by atoms with Crippen molar-refractivity contribution >= 4 is 10.9 Å². The SMILES string of the molecule is Cc1ccc(-n2cccn2)c([SH](C)C)n1. The first kappa shape index (κ1) is 10.2. The normalized spacial score (nSPS) is 11.5. The van der Waals surface area contributed by atoms with Crippen molar-refractivity contribution in [3.8, 4) is 5.69 Å². The lowest BCUT2D eigenvalue weighted by Crippen LogP contribution is -2.01. The summed E-state index contributed by atoms with van der Waals surface area (Å²) in [5.41, 5.74) is 2.17. The fourth-order valence-electron chi connectivity index (χ4n) is 1.45. The molecule has 0 aliphatic carbocycles. The Morgan fingerprint density at radius 3 is 2.67 bits per heavy atom. The molecule has 0 atom stereocenters. The average Bonchev–Trinajstić information content (AvgIpc) is 2.70. The zero-order valence-corrected chi connectivity index (χ0v) is 10.1. The fraction of sp³-hybridized carbons (Fsp3) is 0.273. The first-order chi connectivity index (χ1) is 7.18. The summed E-state index contributed by atoms with van der Waals surface area (Å²) < 4.78 is 1.88. The lowest BCUT2D eigenvalue weighted by Gasteiger charge is -2.14. The number of aryl methyl sites for hydroxylation is 1. The lowest BCUT2D eigenvalue weighted by molar-refractivity contribution is 0.837. The molecule has 2 heterocycles. The van der Waals surface area contributed by atoms with Gasteiger partial charge in [0.05, 0.1) is 5.69 Å². The molecule has 0 radical (unpaired) electrons. The van der Waals surface area contributed by atoms with E-state index < -0.39 is 0 Å². The molecule has 80 valence electrons. The second-order valence-corrected chi connectivity index (χ2v) is 5.85. The predicted molar refractivity (Wildman–Crippen MR) is 65.2 cm³/mol. The average molecular weight is 221 g/mol. The van der Waals surface area contributed by atoms with Gasteiger partial charge in [-0.15, -0.1) is 0 Å². The van der Waals surface area contributed by atoms with Crippen LogP contribution in [0.3, 0.4) is 0 Å². The highest BCUT2D eigenvalue weighted by molar-refractivity contribution is 8.15. The summed E-state index contributed by atoms with van der Waals surface area (Å²) in [6, 6.07) is 6.05. The van der Waals surface area contributed by atoms with Crippen LogP contribution in [0.5, 0.6) is 0 Å². The topological polar surface area (TPSA) is 30.7 Å². The molecule has 0 fully saturated rings. The Labute approximate surface area is 92.5 Å². The van der Waals surface area contributed by atoms with Crippen LogP contribution in [0, 0.1) is 6.92 Å². The van der Waals surface area contributed by atoms with Crippen LogP contribution in [0.25, 0.3) is 5.69 Å². The number of rotatable bonds is 2. The Morgan fingerprint density at radius 1 is 1.27 bits per heavy atom. The smallest absolute Gasteiger partial charge is 0.102 e. The molecule has 0 N–H and O–H groups in total. The highest BCUT2D eigenvalue weighted by Crippen LogP contribution is 2.31. The van der Waals surface area contributed by atoms with Crippen molar-refractivity contribution in [2.75, 3.05) is 12.5 Å². The third-order valence-electron chi connectivity index (χ3n) is 2.17. The van der Waals surface area contributed by atoms with E-state index in [4.69, 9.17) is 0 Å². The van der Waals surface area contributed by atoms with Crippen LogP contribution in [0.4, 0.5) is 0 Å². The molecular weight excluding hydrogens is 206 g/mol. The molecule has 2 rings (SSSR count). The molecule has 0 bridgehead atoms. The van der Waals surface area contributed by atoms with Gasteiger partial charge in [-0.25, -0.2) is 20.6 Å². The number of pyridine rings is 1. The van der Waals surface area contributed by atoms with Gasteiger partial charge in [0.2, 0.25) is 0 Å². The van der Waals surface area contributed by atoms with E-state index >= 15 is 0 Å². The van der Waals surface area contributed by atoms with Crippen molar-refractivity contribution in [2.24, 2.45) is 0 Å². The molecule has 0 saturated carbocycles. The first-order valence-corrected chi connectivity index (χ1v) is 7.07. The van der Waals surface area contributed by atoms with Gasteiger partial charge in [0, 0.05) is 18.1 Å². The Hall–Kier alpha value is -1.29. The van der Waals surface area contributed by atoms with Gasteiger partial charge in [0.1, 0.15) is 5.03 Å². The monoisotopic (exact) mass is 221 g/mol. The minimum absolute atomic E-state index is 0.209. The van der Waals surface area contributed by atoms with E-state index in [1.165, 1.54) is 0 Å². The maximum Gasteiger partial charge on any atom is 0.102 e. The van der Waals surface area contributed by atoms with Gasteiger partial charge in [-0.05, 0) is 37.6 Å². The molecule has 0 unspecified atom stereocenters. The highest BCUT2D eigenvalue weighted by atomic mass is 32.2. The number of hydrogen-bond donors (Lipinski definition) is 1. The van der Waals surface area contributed by atoms with Crippen LogP contribution in [-0.4, -0.2) is 27.3 Å². The van der Waals surface area contributed by atoms with Crippen LogP contribution >= 0.6 is 10.9 Å². The Morgan fingerprint density at radius 2 is 2.07 bits per heavy atom. The molecule has 0 saturated heterocycles. The van der Waals surface area contributed by atoms with Crippen molar-refractivity contribution in [2.45, 2.75) is 11.9 Å². The molecule has 2 aromatic rings. The minimum Gasteiger partial charge on any atom is -0.246 e. The van der Waals surface area contributed by atoms with Crippen molar-refractivity contribution in [3.63, 3.8) is 0 Å².